The topological polar surface area (TPSA) is 237 Å². The van der Waals surface area contributed by atoms with Gasteiger partial charge in [-0.05, 0) is 49.4 Å². The van der Waals surface area contributed by atoms with Crippen LogP contribution in [0.15, 0.2) is 0 Å². The molecule has 6 atom stereocenters. The predicted octanol–water partition coefficient (Wildman–Crippen LogP) is 23.6. The van der Waals surface area contributed by atoms with Gasteiger partial charge in [-0.2, -0.15) is 0 Å². The summed E-state index contributed by atoms with van der Waals surface area (Å²) in [5.41, 5.74) is 0. The Hall–Kier alpha value is -1.94. The lowest BCUT2D eigenvalue weighted by atomic mass is 10.00. The summed E-state index contributed by atoms with van der Waals surface area (Å²) in [6.07, 6.45) is 55.5. The van der Waals surface area contributed by atoms with Crippen molar-refractivity contribution in [1.29, 1.82) is 0 Å². The number of rotatable bonds is 77. The zero-order valence-electron chi connectivity index (χ0n) is 65.1. The van der Waals surface area contributed by atoms with Gasteiger partial charge >= 0.3 is 39.5 Å². The zero-order chi connectivity index (χ0) is 73.1. The minimum Gasteiger partial charge on any atom is -0.462 e. The molecular formula is C80H156O17P2. The molecule has 3 unspecified atom stereocenters. The molecule has 19 heteroatoms. The van der Waals surface area contributed by atoms with Crippen LogP contribution in [0.25, 0.3) is 0 Å². The van der Waals surface area contributed by atoms with Crippen LogP contribution in [0.4, 0.5) is 0 Å². The zero-order valence-corrected chi connectivity index (χ0v) is 66.9. The third-order valence-electron chi connectivity index (χ3n) is 18.9. The lowest BCUT2D eigenvalue weighted by molar-refractivity contribution is -0.161. The number of carbonyl (C=O) groups is 4. The summed E-state index contributed by atoms with van der Waals surface area (Å²) < 4.78 is 68.7. The molecule has 17 nitrogen and oxygen atoms in total. The standard InChI is InChI=1S/C80H156O17P2/c1-9-73(8)59-51-43-38-39-45-53-61-78(83)91-67-76(97-79(84)62-54-46-36-30-24-18-12-10-11-15-20-26-32-40-48-56-70(2)3)69-95-99(88,89)93-65-74(81)64-92-98(86,87)94-68-75(96-80(85)63-55-47-37-31-25-19-22-28-34-42-50-58-72(6)7)66-90-77(82)60-52-44-35-29-23-17-14-13-16-21-27-33-41-49-57-71(4)5/h70-76,81H,9-69H2,1-8H3,(H,86,87)(H,88,89)/t73?,74-,75-,76-/m1/s1. The Bertz CT molecular complexity index is 1940. The van der Waals surface area contributed by atoms with E-state index in [0.717, 1.165) is 120 Å². The van der Waals surface area contributed by atoms with E-state index in [2.05, 4.69) is 55.4 Å². The first kappa shape index (κ1) is 97.1. The number of unbranched alkanes of at least 4 members (excludes halogenated alkanes) is 42. The third kappa shape index (κ3) is 72.8. The van der Waals surface area contributed by atoms with Crippen LogP contribution in [0.2, 0.25) is 0 Å². The fourth-order valence-electron chi connectivity index (χ4n) is 12.2. The van der Waals surface area contributed by atoms with Gasteiger partial charge in [-0.25, -0.2) is 9.13 Å². The maximum Gasteiger partial charge on any atom is 0.472 e. The second-order valence-electron chi connectivity index (χ2n) is 30.5. The van der Waals surface area contributed by atoms with E-state index < -0.39 is 97.5 Å². The van der Waals surface area contributed by atoms with Gasteiger partial charge in [-0.15, -0.1) is 0 Å². The summed E-state index contributed by atoms with van der Waals surface area (Å²) in [5.74, 6) is 0.982. The van der Waals surface area contributed by atoms with Gasteiger partial charge < -0.3 is 33.8 Å². The van der Waals surface area contributed by atoms with Crippen LogP contribution < -0.4 is 0 Å². The van der Waals surface area contributed by atoms with Gasteiger partial charge in [0.2, 0.25) is 0 Å². The Balaban J connectivity index is 5.24. The van der Waals surface area contributed by atoms with Crippen molar-refractivity contribution >= 4 is 39.5 Å². The second-order valence-corrected chi connectivity index (χ2v) is 33.4. The second kappa shape index (κ2) is 69.1. The summed E-state index contributed by atoms with van der Waals surface area (Å²) in [4.78, 5) is 73.0. The Kier molecular flexibility index (Phi) is 67.8. The van der Waals surface area contributed by atoms with Crippen molar-refractivity contribution in [2.45, 2.75) is 427 Å². The number of phosphoric ester groups is 2. The van der Waals surface area contributed by atoms with Crippen LogP contribution in [0.5, 0.6) is 0 Å². The summed E-state index contributed by atoms with van der Waals surface area (Å²) >= 11 is 0. The average molecular weight is 1450 g/mol. The molecule has 0 bridgehead atoms. The van der Waals surface area contributed by atoms with E-state index in [1.807, 2.05) is 0 Å². The Morgan fingerprint density at radius 2 is 0.485 bits per heavy atom. The van der Waals surface area contributed by atoms with Crippen molar-refractivity contribution in [2.75, 3.05) is 39.6 Å². The van der Waals surface area contributed by atoms with Crippen LogP contribution in [0, 0.1) is 23.7 Å². The van der Waals surface area contributed by atoms with Crippen molar-refractivity contribution in [3.63, 3.8) is 0 Å². The predicted molar refractivity (Wildman–Crippen MR) is 404 cm³/mol. The lowest BCUT2D eigenvalue weighted by Crippen LogP contribution is -2.30. The molecule has 99 heavy (non-hydrogen) atoms. The monoisotopic (exact) mass is 1450 g/mol. The molecule has 0 fully saturated rings. The first-order valence-corrected chi connectivity index (χ1v) is 44.2. The largest absolute Gasteiger partial charge is 0.472 e. The normalized spacial score (nSPS) is 14.3. The van der Waals surface area contributed by atoms with Crippen LogP contribution >= 0.6 is 15.6 Å². The Morgan fingerprint density at radius 3 is 0.717 bits per heavy atom. The number of aliphatic hydroxyl groups excluding tert-OH is 1. The quantitative estimate of drug-likeness (QED) is 0.0222. The van der Waals surface area contributed by atoms with E-state index in [1.54, 1.807) is 0 Å². The minimum absolute atomic E-state index is 0.106. The molecule has 0 aromatic rings. The van der Waals surface area contributed by atoms with Crippen LogP contribution in [0.3, 0.4) is 0 Å². The molecule has 3 N–H and O–H groups in total. The minimum atomic E-state index is -4.96. The molecule has 0 aliphatic rings. The van der Waals surface area contributed by atoms with Crippen LogP contribution in [-0.2, 0) is 65.4 Å². The highest BCUT2D eigenvalue weighted by atomic mass is 31.2. The molecule has 0 rings (SSSR count). The van der Waals surface area contributed by atoms with Crippen molar-refractivity contribution < 1.29 is 80.2 Å². The number of hydrogen-bond acceptors (Lipinski definition) is 15. The highest BCUT2D eigenvalue weighted by Crippen LogP contribution is 2.45. The molecule has 0 aromatic carbocycles. The van der Waals surface area contributed by atoms with Crippen molar-refractivity contribution in [3.8, 4) is 0 Å². The van der Waals surface area contributed by atoms with Crippen LogP contribution in [0.1, 0.15) is 409 Å². The summed E-state index contributed by atoms with van der Waals surface area (Å²) in [6.45, 7) is 14.2. The lowest BCUT2D eigenvalue weighted by Gasteiger charge is -2.21. The fourth-order valence-corrected chi connectivity index (χ4v) is 13.8. The van der Waals surface area contributed by atoms with E-state index in [1.165, 1.54) is 205 Å². The number of ether oxygens (including phenoxy) is 4. The van der Waals surface area contributed by atoms with Gasteiger partial charge in [0.15, 0.2) is 12.2 Å². The molecule has 0 radical (unpaired) electrons. The van der Waals surface area contributed by atoms with E-state index >= 15 is 0 Å². The molecule has 0 spiro atoms. The smallest absolute Gasteiger partial charge is 0.462 e. The van der Waals surface area contributed by atoms with Crippen molar-refractivity contribution in [1.82, 2.24) is 0 Å². The van der Waals surface area contributed by atoms with E-state index in [0.29, 0.717) is 25.7 Å². The number of phosphoric acid groups is 2. The Labute approximate surface area is 607 Å². The summed E-state index contributed by atoms with van der Waals surface area (Å²) in [6, 6.07) is 0. The fraction of sp³-hybridized carbons (Fsp3) is 0.950. The molecule has 0 aliphatic heterocycles. The third-order valence-corrected chi connectivity index (χ3v) is 20.8. The van der Waals surface area contributed by atoms with Gasteiger partial charge in [0.1, 0.15) is 19.3 Å². The Morgan fingerprint density at radius 1 is 0.283 bits per heavy atom. The van der Waals surface area contributed by atoms with E-state index in [4.69, 9.17) is 37.0 Å². The highest BCUT2D eigenvalue weighted by molar-refractivity contribution is 7.47. The van der Waals surface area contributed by atoms with Crippen molar-refractivity contribution in [3.05, 3.63) is 0 Å². The molecule has 0 saturated heterocycles. The number of carbonyl (C=O) groups excluding carboxylic acids is 4. The van der Waals surface area contributed by atoms with Gasteiger partial charge in [0.05, 0.1) is 26.4 Å². The molecule has 0 amide bonds. The molecule has 0 aromatic heterocycles. The van der Waals surface area contributed by atoms with Gasteiger partial charge in [-0.3, -0.25) is 37.3 Å². The number of aliphatic hydroxyl groups is 1. The SMILES string of the molecule is CCC(C)CCCCCCCCC(=O)OC[C@H](COP(=O)(O)OC[C@H](O)COP(=O)(O)OC[C@@H](COC(=O)CCCCCCCCCCCCCCCCC(C)C)OC(=O)CCCCCCCCCCCCCC(C)C)OC(=O)CCCCCCCCCCCCCCCCCC(C)C. The van der Waals surface area contributed by atoms with Crippen LogP contribution in [-0.4, -0.2) is 96.7 Å². The van der Waals surface area contributed by atoms with Gasteiger partial charge in [0, 0.05) is 25.7 Å². The van der Waals surface area contributed by atoms with E-state index in [-0.39, 0.29) is 25.7 Å². The number of esters is 4. The first-order valence-electron chi connectivity index (χ1n) is 41.2. The number of hydrogen-bond donors (Lipinski definition) is 3. The molecule has 0 aliphatic carbocycles. The van der Waals surface area contributed by atoms with E-state index in [9.17, 15) is 43.2 Å². The van der Waals surface area contributed by atoms with Crippen molar-refractivity contribution in [2.24, 2.45) is 23.7 Å². The van der Waals surface area contributed by atoms with Gasteiger partial charge in [-0.1, -0.05) is 357 Å². The van der Waals surface area contributed by atoms with Gasteiger partial charge in [0.25, 0.3) is 0 Å². The summed E-state index contributed by atoms with van der Waals surface area (Å²) in [7, 11) is -9.92. The first-order chi connectivity index (χ1) is 47.6. The molecular weight excluding hydrogens is 1290 g/mol. The average Bonchev–Trinajstić information content (AvgIpc) is 1.02. The molecule has 0 saturated carbocycles. The maximum atomic E-state index is 13.1. The summed E-state index contributed by atoms with van der Waals surface area (Å²) in [5, 5.41) is 10.6. The highest BCUT2D eigenvalue weighted by Gasteiger charge is 2.30. The molecule has 588 valence electrons. The maximum absolute atomic E-state index is 13.1. The molecule has 0 heterocycles.